The maximum atomic E-state index is 12.7. The van der Waals surface area contributed by atoms with E-state index in [1.165, 1.54) is 6.07 Å². The standard InChI is InChI=1S/C14H10F3N7/c15-14(16,17)10-7-8(4-6-20-10)21-13-23-11(22-12(18)24-13)9-3-1-2-5-19-9/h1-7H,(H3,18,20,21,22,23,24). The maximum Gasteiger partial charge on any atom is 0.433 e. The van der Waals surface area contributed by atoms with Crippen molar-refractivity contribution in [2.45, 2.75) is 6.18 Å². The second-order valence-electron chi connectivity index (χ2n) is 4.61. The van der Waals surface area contributed by atoms with E-state index < -0.39 is 11.9 Å². The first kappa shape index (κ1) is 15.6. The Labute approximate surface area is 133 Å². The molecule has 10 heteroatoms. The van der Waals surface area contributed by atoms with Crippen molar-refractivity contribution in [2.24, 2.45) is 0 Å². The fourth-order valence-electron chi connectivity index (χ4n) is 1.85. The number of nitrogen functional groups attached to an aromatic ring is 1. The lowest BCUT2D eigenvalue weighted by Gasteiger charge is -2.09. The first-order valence-corrected chi connectivity index (χ1v) is 6.65. The number of nitrogens with one attached hydrogen (secondary N) is 1. The van der Waals surface area contributed by atoms with Crippen LogP contribution in [-0.2, 0) is 6.18 Å². The Morgan fingerprint density at radius 1 is 0.958 bits per heavy atom. The number of pyridine rings is 2. The molecule has 24 heavy (non-hydrogen) atoms. The van der Waals surface area contributed by atoms with Crippen molar-refractivity contribution in [3.05, 3.63) is 48.4 Å². The van der Waals surface area contributed by atoms with Gasteiger partial charge in [-0.25, -0.2) is 0 Å². The zero-order chi connectivity index (χ0) is 17.2. The number of nitrogens with two attached hydrogens (primary N) is 1. The van der Waals surface area contributed by atoms with Gasteiger partial charge in [0.2, 0.25) is 11.9 Å². The van der Waals surface area contributed by atoms with Crippen molar-refractivity contribution < 1.29 is 13.2 Å². The number of halogens is 3. The van der Waals surface area contributed by atoms with Crippen LogP contribution < -0.4 is 11.1 Å². The molecule has 0 atom stereocenters. The van der Waals surface area contributed by atoms with Crippen molar-refractivity contribution in [1.29, 1.82) is 0 Å². The minimum atomic E-state index is -4.55. The van der Waals surface area contributed by atoms with Crippen LogP contribution in [0.25, 0.3) is 11.5 Å². The Morgan fingerprint density at radius 2 is 1.79 bits per heavy atom. The van der Waals surface area contributed by atoms with Gasteiger partial charge in [-0.3, -0.25) is 9.97 Å². The van der Waals surface area contributed by atoms with Crippen LogP contribution in [-0.4, -0.2) is 24.9 Å². The average Bonchev–Trinajstić information content (AvgIpc) is 2.54. The molecule has 0 aromatic carbocycles. The van der Waals surface area contributed by atoms with Gasteiger partial charge in [-0.15, -0.1) is 0 Å². The number of rotatable bonds is 3. The van der Waals surface area contributed by atoms with Crippen LogP contribution in [0.5, 0.6) is 0 Å². The summed E-state index contributed by atoms with van der Waals surface area (Å²) in [7, 11) is 0. The van der Waals surface area contributed by atoms with Gasteiger partial charge in [0.05, 0.1) is 0 Å². The van der Waals surface area contributed by atoms with Crippen LogP contribution in [0.4, 0.5) is 30.8 Å². The van der Waals surface area contributed by atoms with E-state index >= 15 is 0 Å². The van der Waals surface area contributed by atoms with Crippen molar-refractivity contribution in [3.63, 3.8) is 0 Å². The van der Waals surface area contributed by atoms with Gasteiger partial charge in [0, 0.05) is 18.1 Å². The van der Waals surface area contributed by atoms with Gasteiger partial charge in [-0.2, -0.15) is 28.1 Å². The lowest BCUT2D eigenvalue weighted by atomic mass is 10.3. The molecule has 0 aliphatic heterocycles. The van der Waals surface area contributed by atoms with E-state index in [-0.39, 0.29) is 23.4 Å². The molecule has 0 bridgehead atoms. The molecule has 3 N–H and O–H groups in total. The first-order valence-electron chi connectivity index (χ1n) is 6.65. The molecule has 0 fully saturated rings. The van der Waals surface area contributed by atoms with E-state index in [4.69, 9.17) is 5.73 Å². The largest absolute Gasteiger partial charge is 0.433 e. The third-order valence-electron chi connectivity index (χ3n) is 2.85. The molecule has 0 unspecified atom stereocenters. The molecule has 0 amide bonds. The molecule has 3 rings (SSSR count). The summed E-state index contributed by atoms with van der Waals surface area (Å²) in [6, 6.07) is 7.35. The summed E-state index contributed by atoms with van der Waals surface area (Å²) in [4.78, 5) is 19.3. The van der Waals surface area contributed by atoms with Gasteiger partial charge in [0.15, 0.2) is 5.82 Å². The molecule has 0 saturated carbocycles. The van der Waals surface area contributed by atoms with Gasteiger partial charge >= 0.3 is 6.18 Å². The van der Waals surface area contributed by atoms with Gasteiger partial charge in [0.1, 0.15) is 11.4 Å². The smallest absolute Gasteiger partial charge is 0.368 e. The third kappa shape index (κ3) is 3.54. The molecule has 122 valence electrons. The molecular weight excluding hydrogens is 323 g/mol. The number of hydrogen-bond donors (Lipinski definition) is 2. The zero-order valence-corrected chi connectivity index (χ0v) is 12.0. The third-order valence-corrected chi connectivity index (χ3v) is 2.85. The lowest BCUT2D eigenvalue weighted by molar-refractivity contribution is -0.141. The van der Waals surface area contributed by atoms with Crippen molar-refractivity contribution >= 4 is 17.6 Å². The quantitative estimate of drug-likeness (QED) is 0.759. The highest BCUT2D eigenvalue weighted by Gasteiger charge is 2.32. The highest BCUT2D eigenvalue weighted by Crippen LogP contribution is 2.29. The normalized spacial score (nSPS) is 11.3. The molecule has 0 spiro atoms. The number of hydrogen-bond acceptors (Lipinski definition) is 7. The van der Waals surface area contributed by atoms with E-state index in [1.54, 1.807) is 24.4 Å². The minimum absolute atomic E-state index is 0.00229. The molecule has 0 radical (unpaired) electrons. The maximum absolute atomic E-state index is 12.7. The lowest BCUT2D eigenvalue weighted by Crippen LogP contribution is -2.09. The fraction of sp³-hybridized carbons (Fsp3) is 0.0714. The second kappa shape index (κ2) is 6.07. The summed E-state index contributed by atoms with van der Waals surface area (Å²) in [6.45, 7) is 0. The van der Waals surface area contributed by atoms with Crippen LogP contribution in [0.1, 0.15) is 5.69 Å². The van der Waals surface area contributed by atoms with Crippen LogP contribution in [0.3, 0.4) is 0 Å². The van der Waals surface area contributed by atoms with E-state index in [0.29, 0.717) is 5.69 Å². The summed E-state index contributed by atoms with van der Waals surface area (Å²) < 4.78 is 38.1. The number of alkyl halides is 3. The Kier molecular flexibility index (Phi) is 3.94. The molecule has 3 heterocycles. The minimum Gasteiger partial charge on any atom is -0.368 e. The Bertz CT molecular complexity index is 852. The van der Waals surface area contributed by atoms with E-state index in [0.717, 1.165) is 12.3 Å². The SMILES string of the molecule is Nc1nc(Nc2ccnc(C(F)(F)F)c2)nc(-c2ccccn2)n1. The molecule has 0 aliphatic rings. The van der Waals surface area contributed by atoms with Crippen LogP contribution >= 0.6 is 0 Å². The topological polar surface area (TPSA) is 102 Å². The highest BCUT2D eigenvalue weighted by atomic mass is 19.4. The molecule has 3 aromatic heterocycles. The van der Waals surface area contributed by atoms with Crippen LogP contribution in [0, 0.1) is 0 Å². The predicted octanol–water partition coefficient (Wildman–Crippen LogP) is 2.67. The van der Waals surface area contributed by atoms with Crippen molar-refractivity contribution in [3.8, 4) is 11.5 Å². The first-order chi connectivity index (χ1) is 11.4. The van der Waals surface area contributed by atoms with Gasteiger partial charge in [0.25, 0.3) is 0 Å². The highest BCUT2D eigenvalue weighted by molar-refractivity contribution is 5.58. The summed E-state index contributed by atoms with van der Waals surface area (Å²) in [6.07, 6.45) is -1.95. The monoisotopic (exact) mass is 333 g/mol. The number of nitrogens with zero attached hydrogens (tertiary/aromatic N) is 5. The Hall–Kier alpha value is -3.30. The summed E-state index contributed by atoms with van der Waals surface area (Å²) in [5.74, 6) is 0.122. The Morgan fingerprint density at radius 3 is 2.50 bits per heavy atom. The van der Waals surface area contributed by atoms with Crippen molar-refractivity contribution in [1.82, 2.24) is 24.9 Å². The van der Waals surface area contributed by atoms with E-state index in [9.17, 15) is 13.2 Å². The molecule has 0 aliphatic carbocycles. The van der Waals surface area contributed by atoms with Crippen LogP contribution in [0.15, 0.2) is 42.7 Å². The van der Waals surface area contributed by atoms with Crippen molar-refractivity contribution in [2.75, 3.05) is 11.1 Å². The molecule has 3 aromatic rings. The number of aromatic nitrogens is 5. The molecular formula is C14H10F3N7. The summed E-state index contributed by atoms with van der Waals surface area (Å²) in [5.41, 5.74) is 5.18. The summed E-state index contributed by atoms with van der Waals surface area (Å²) in [5, 5.41) is 2.66. The van der Waals surface area contributed by atoms with E-state index in [1.807, 2.05) is 0 Å². The molecule has 0 saturated heterocycles. The van der Waals surface area contributed by atoms with Gasteiger partial charge in [-0.1, -0.05) is 6.07 Å². The van der Waals surface area contributed by atoms with E-state index in [2.05, 4.69) is 30.2 Å². The second-order valence-corrected chi connectivity index (χ2v) is 4.61. The Balaban J connectivity index is 1.92. The zero-order valence-electron chi connectivity index (χ0n) is 12.0. The summed E-state index contributed by atoms with van der Waals surface area (Å²) >= 11 is 0. The predicted molar refractivity (Wildman–Crippen MR) is 80.0 cm³/mol. The van der Waals surface area contributed by atoms with Gasteiger partial charge < -0.3 is 11.1 Å². The number of anilines is 3. The fourth-order valence-corrected chi connectivity index (χ4v) is 1.85. The average molecular weight is 333 g/mol. The van der Waals surface area contributed by atoms with Gasteiger partial charge in [-0.05, 0) is 24.3 Å². The molecule has 7 nitrogen and oxygen atoms in total. The van der Waals surface area contributed by atoms with Crippen LogP contribution in [0.2, 0.25) is 0 Å².